The van der Waals surface area contributed by atoms with E-state index < -0.39 is 22.4 Å². The number of nitro benzene ring substituents is 1. The first-order valence-electron chi connectivity index (χ1n) is 7.22. The maximum Gasteiger partial charge on any atom is 0.416 e. The number of nitrogens with one attached hydrogen (secondary N) is 2. The molecule has 0 saturated heterocycles. The van der Waals surface area contributed by atoms with Gasteiger partial charge in [-0.25, -0.2) is 0 Å². The van der Waals surface area contributed by atoms with Gasteiger partial charge in [-0.2, -0.15) is 13.2 Å². The van der Waals surface area contributed by atoms with Crippen LogP contribution in [0.1, 0.15) is 12.0 Å². The molecule has 2 N–H and O–H groups in total. The van der Waals surface area contributed by atoms with Crippen LogP contribution in [0.2, 0.25) is 0 Å². The van der Waals surface area contributed by atoms with Gasteiger partial charge >= 0.3 is 6.18 Å². The van der Waals surface area contributed by atoms with Crippen molar-refractivity contribution >= 4 is 23.0 Å². The SMILES string of the molecule is O=C(CCNc1ccc(C(F)(F)F)cc1[N+](=O)[O-])Nc1ccccc1. The molecule has 1 amide bonds. The van der Waals surface area contributed by atoms with Crippen LogP contribution < -0.4 is 10.6 Å². The highest BCUT2D eigenvalue weighted by atomic mass is 19.4. The van der Waals surface area contributed by atoms with Crippen molar-refractivity contribution in [2.45, 2.75) is 12.6 Å². The fourth-order valence-electron chi connectivity index (χ4n) is 2.06. The third kappa shape index (κ3) is 5.20. The number of alkyl halides is 3. The molecule has 132 valence electrons. The Labute approximate surface area is 140 Å². The average molecular weight is 353 g/mol. The van der Waals surface area contributed by atoms with Gasteiger partial charge in [0.05, 0.1) is 10.5 Å². The number of benzene rings is 2. The van der Waals surface area contributed by atoms with E-state index in [1.54, 1.807) is 30.3 Å². The van der Waals surface area contributed by atoms with Gasteiger partial charge in [-0.3, -0.25) is 14.9 Å². The van der Waals surface area contributed by atoms with Crippen LogP contribution in [-0.2, 0) is 11.0 Å². The number of para-hydroxylation sites is 1. The number of hydrogen-bond donors (Lipinski definition) is 2. The molecule has 25 heavy (non-hydrogen) atoms. The minimum Gasteiger partial charge on any atom is -0.379 e. The third-order valence-corrected chi connectivity index (χ3v) is 3.25. The molecule has 0 heterocycles. The first-order valence-corrected chi connectivity index (χ1v) is 7.22. The van der Waals surface area contributed by atoms with Gasteiger partial charge in [0.25, 0.3) is 5.69 Å². The van der Waals surface area contributed by atoms with Crippen molar-refractivity contribution in [2.24, 2.45) is 0 Å². The number of carbonyl (C=O) groups excluding carboxylic acids is 1. The number of nitro groups is 1. The van der Waals surface area contributed by atoms with E-state index in [1.165, 1.54) is 0 Å². The second-order valence-corrected chi connectivity index (χ2v) is 5.08. The third-order valence-electron chi connectivity index (χ3n) is 3.25. The molecule has 9 heteroatoms. The van der Waals surface area contributed by atoms with E-state index >= 15 is 0 Å². The van der Waals surface area contributed by atoms with Gasteiger partial charge in [-0.05, 0) is 24.3 Å². The summed E-state index contributed by atoms with van der Waals surface area (Å²) in [6.45, 7) is 0.0326. The van der Waals surface area contributed by atoms with Crippen LogP contribution in [0.4, 0.5) is 30.2 Å². The molecular weight excluding hydrogens is 339 g/mol. The van der Waals surface area contributed by atoms with Crippen LogP contribution in [0.3, 0.4) is 0 Å². The highest BCUT2D eigenvalue weighted by molar-refractivity contribution is 5.91. The zero-order valence-corrected chi connectivity index (χ0v) is 12.8. The number of amides is 1. The lowest BCUT2D eigenvalue weighted by Crippen LogP contribution is -2.16. The lowest BCUT2D eigenvalue weighted by Gasteiger charge is -2.10. The quantitative estimate of drug-likeness (QED) is 0.606. The summed E-state index contributed by atoms with van der Waals surface area (Å²) in [7, 11) is 0. The Morgan fingerprint density at radius 1 is 1.12 bits per heavy atom. The Balaban J connectivity index is 1.98. The van der Waals surface area contributed by atoms with Crippen molar-refractivity contribution in [1.29, 1.82) is 0 Å². The van der Waals surface area contributed by atoms with E-state index in [0.29, 0.717) is 11.8 Å². The van der Waals surface area contributed by atoms with Crippen molar-refractivity contribution in [3.05, 3.63) is 64.2 Å². The molecule has 0 saturated carbocycles. The summed E-state index contributed by atoms with van der Waals surface area (Å²) >= 11 is 0. The Bertz CT molecular complexity index is 764. The molecule has 0 aliphatic carbocycles. The Hall–Kier alpha value is -3.10. The predicted molar refractivity (Wildman–Crippen MR) is 86.3 cm³/mol. The number of halogens is 3. The number of hydrogen-bond acceptors (Lipinski definition) is 4. The summed E-state index contributed by atoms with van der Waals surface area (Å²) in [6, 6.07) is 10.9. The fraction of sp³-hybridized carbons (Fsp3) is 0.188. The zero-order chi connectivity index (χ0) is 18.4. The molecular formula is C16H14F3N3O3. The van der Waals surface area contributed by atoms with Gasteiger partial charge in [0.2, 0.25) is 5.91 Å². The zero-order valence-electron chi connectivity index (χ0n) is 12.8. The summed E-state index contributed by atoms with van der Waals surface area (Å²) in [5, 5.41) is 16.2. The predicted octanol–water partition coefficient (Wildman–Crippen LogP) is 4.05. The van der Waals surface area contributed by atoms with Crippen LogP contribution in [0, 0.1) is 10.1 Å². The van der Waals surface area contributed by atoms with Gasteiger partial charge in [0, 0.05) is 24.7 Å². The highest BCUT2D eigenvalue weighted by Gasteiger charge is 2.33. The van der Waals surface area contributed by atoms with Gasteiger partial charge < -0.3 is 10.6 Å². The smallest absolute Gasteiger partial charge is 0.379 e. The largest absolute Gasteiger partial charge is 0.416 e. The molecule has 0 aliphatic heterocycles. The van der Waals surface area contributed by atoms with Crippen LogP contribution in [0.25, 0.3) is 0 Å². The summed E-state index contributed by atoms with van der Waals surface area (Å²) < 4.78 is 37.9. The number of rotatable bonds is 6. The minimum atomic E-state index is -4.67. The first-order chi connectivity index (χ1) is 11.8. The molecule has 0 unspecified atom stereocenters. The molecule has 6 nitrogen and oxygen atoms in total. The Kier molecular flexibility index (Phi) is 5.58. The molecule has 0 radical (unpaired) electrons. The average Bonchev–Trinajstić information content (AvgIpc) is 2.54. The van der Waals surface area contributed by atoms with Crippen LogP contribution in [-0.4, -0.2) is 17.4 Å². The summed E-state index contributed by atoms with van der Waals surface area (Å²) in [6.07, 6.45) is -4.67. The first kappa shape index (κ1) is 18.2. The van der Waals surface area contributed by atoms with E-state index in [9.17, 15) is 28.1 Å². The van der Waals surface area contributed by atoms with E-state index in [4.69, 9.17) is 0 Å². The van der Waals surface area contributed by atoms with E-state index in [1.807, 2.05) is 0 Å². The minimum absolute atomic E-state index is 0.00687. The van der Waals surface area contributed by atoms with Gasteiger partial charge in [-0.1, -0.05) is 18.2 Å². The second-order valence-electron chi connectivity index (χ2n) is 5.08. The molecule has 2 aromatic rings. The van der Waals surface area contributed by atoms with Crippen LogP contribution in [0.5, 0.6) is 0 Å². The molecule has 0 atom stereocenters. The van der Waals surface area contributed by atoms with E-state index in [0.717, 1.165) is 12.1 Å². The van der Waals surface area contributed by atoms with Crippen molar-refractivity contribution in [3.8, 4) is 0 Å². The lowest BCUT2D eigenvalue weighted by atomic mass is 10.1. The summed E-state index contributed by atoms with van der Waals surface area (Å²) in [4.78, 5) is 21.8. The molecule has 2 aromatic carbocycles. The Morgan fingerprint density at radius 2 is 1.80 bits per heavy atom. The van der Waals surface area contributed by atoms with E-state index in [-0.39, 0.29) is 24.6 Å². The van der Waals surface area contributed by atoms with Crippen molar-refractivity contribution in [2.75, 3.05) is 17.2 Å². The second kappa shape index (κ2) is 7.65. The number of nitrogens with zero attached hydrogens (tertiary/aromatic N) is 1. The summed E-state index contributed by atoms with van der Waals surface area (Å²) in [5.41, 5.74) is -1.27. The molecule has 0 fully saturated rings. The summed E-state index contributed by atoms with van der Waals surface area (Å²) in [5.74, 6) is -0.326. The lowest BCUT2D eigenvalue weighted by molar-refractivity contribution is -0.384. The normalized spacial score (nSPS) is 11.0. The van der Waals surface area contributed by atoms with E-state index in [2.05, 4.69) is 10.6 Å². The number of anilines is 2. The molecule has 0 aliphatic rings. The van der Waals surface area contributed by atoms with Crippen molar-refractivity contribution in [1.82, 2.24) is 0 Å². The molecule has 0 aromatic heterocycles. The monoisotopic (exact) mass is 353 g/mol. The van der Waals surface area contributed by atoms with Gasteiger partial charge in [-0.15, -0.1) is 0 Å². The topological polar surface area (TPSA) is 84.3 Å². The highest BCUT2D eigenvalue weighted by Crippen LogP contribution is 2.34. The fourth-order valence-corrected chi connectivity index (χ4v) is 2.06. The Morgan fingerprint density at radius 3 is 2.40 bits per heavy atom. The standard InChI is InChI=1S/C16H14F3N3O3/c17-16(18,19)11-6-7-13(14(10-11)22(24)25)20-9-8-15(23)21-12-4-2-1-3-5-12/h1-7,10,20H,8-9H2,(H,21,23). The van der Waals surface area contributed by atoms with Gasteiger partial charge in [0.15, 0.2) is 0 Å². The van der Waals surface area contributed by atoms with Crippen molar-refractivity contribution < 1.29 is 22.9 Å². The van der Waals surface area contributed by atoms with Gasteiger partial charge in [0.1, 0.15) is 5.69 Å². The molecule has 2 rings (SSSR count). The maximum absolute atomic E-state index is 12.6. The van der Waals surface area contributed by atoms with Crippen LogP contribution >= 0.6 is 0 Å². The maximum atomic E-state index is 12.6. The number of carbonyl (C=O) groups is 1. The molecule has 0 bridgehead atoms. The van der Waals surface area contributed by atoms with Crippen molar-refractivity contribution in [3.63, 3.8) is 0 Å². The molecule has 0 spiro atoms. The van der Waals surface area contributed by atoms with Crippen LogP contribution in [0.15, 0.2) is 48.5 Å².